The number of esters is 1. The lowest BCUT2D eigenvalue weighted by molar-refractivity contribution is -0.153. The van der Waals surface area contributed by atoms with Crippen LogP contribution in [0, 0.1) is 11.8 Å². The minimum Gasteiger partial charge on any atom is -0.497 e. The van der Waals surface area contributed by atoms with Gasteiger partial charge in [0.25, 0.3) is 5.91 Å². The summed E-state index contributed by atoms with van der Waals surface area (Å²) in [4.78, 5) is 44.7. The lowest BCUT2D eigenvalue weighted by Crippen LogP contribution is -2.57. The van der Waals surface area contributed by atoms with Crippen LogP contribution in [0.15, 0.2) is 49.6 Å². The van der Waals surface area contributed by atoms with E-state index in [1.165, 1.54) is 6.08 Å². The highest BCUT2D eigenvalue weighted by Crippen LogP contribution is 2.60. The van der Waals surface area contributed by atoms with E-state index in [0.29, 0.717) is 37.2 Å². The molecule has 0 aliphatic carbocycles. The number of hydrogen-bond acceptors (Lipinski definition) is 7. The predicted molar refractivity (Wildman–Crippen MR) is 150 cm³/mol. The van der Waals surface area contributed by atoms with Crippen LogP contribution in [0.3, 0.4) is 0 Å². The van der Waals surface area contributed by atoms with Gasteiger partial charge in [-0.25, -0.2) is 0 Å². The Morgan fingerprint density at radius 1 is 1.21 bits per heavy atom. The average molecular weight is 606 g/mol. The summed E-state index contributed by atoms with van der Waals surface area (Å²) in [5.74, 6) is -2.04. The van der Waals surface area contributed by atoms with Gasteiger partial charge in [0.15, 0.2) is 0 Å². The van der Waals surface area contributed by atoms with Gasteiger partial charge in [-0.3, -0.25) is 14.4 Å². The first-order valence-electron chi connectivity index (χ1n) is 13.4. The van der Waals surface area contributed by atoms with E-state index in [4.69, 9.17) is 19.3 Å². The van der Waals surface area contributed by atoms with Crippen LogP contribution in [0.2, 0.25) is 0 Å². The van der Waals surface area contributed by atoms with Crippen LogP contribution >= 0.6 is 15.9 Å². The minimum atomic E-state index is -1.16. The van der Waals surface area contributed by atoms with Crippen molar-refractivity contribution in [1.29, 1.82) is 0 Å². The number of methoxy groups -OCH3 is 1. The number of anilines is 1. The van der Waals surface area contributed by atoms with Crippen LogP contribution in [0.25, 0.3) is 0 Å². The molecule has 3 aliphatic rings. The van der Waals surface area contributed by atoms with Crippen LogP contribution in [-0.4, -0.2) is 83.8 Å². The summed E-state index contributed by atoms with van der Waals surface area (Å²) < 4.78 is 17.2. The molecule has 0 aromatic heterocycles. The maximum Gasteiger partial charge on any atom is 0.312 e. The first kappa shape index (κ1) is 29.3. The molecule has 1 spiro atoms. The molecule has 1 N–H and O–H groups in total. The smallest absolute Gasteiger partial charge is 0.312 e. The Labute approximate surface area is 237 Å². The summed E-state index contributed by atoms with van der Waals surface area (Å²) in [6.07, 6.45) is 5.93. The third-order valence-electron chi connectivity index (χ3n) is 7.91. The number of carbonyl (C=O) groups excluding carboxylic acids is 3. The number of rotatable bonds is 14. The molecule has 212 valence electrons. The maximum absolute atomic E-state index is 14.5. The molecule has 2 amide bonds. The Morgan fingerprint density at radius 2 is 1.92 bits per heavy atom. The molecule has 1 aromatic rings. The fraction of sp³-hybridized carbons (Fsp3) is 0.552. The molecule has 3 saturated heterocycles. The minimum absolute atomic E-state index is 0.0322. The van der Waals surface area contributed by atoms with Crippen molar-refractivity contribution in [3.63, 3.8) is 0 Å². The quantitative estimate of drug-likeness (QED) is 0.150. The Hall–Kier alpha value is -2.69. The number of nitrogens with zero attached hydrogens (tertiary/aromatic N) is 2. The van der Waals surface area contributed by atoms with Crippen molar-refractivity contribution in [3.05, 3.63) is 49.6 Å². The van der Waals surface area contributed by atoms with Gasteiger partial charge >= 0.3 is 5.97 Å². The van der Waals surface area contributed by atoms with E-state index in [9.17, 15) is 14.4 Å². The van der Waals surface area contributed by atoms with Gasteiger partial charge in [-0.05, 0) is 43.5 Å². The second-order valence-corrected chi connectivity index (χ2v) is 11.4. The number of ether oxygens (including phenoxy) is 3. The Kier molecular flexibility index (Phi) is 9.51. The molecule has 3 unspecified atom stereocenters. The van der Waals surface area contributed by atoms with Gasteiger partial charge in [0.1, 0.15) is 24.0 Å². The highest BCUT2D eigenvalue weighted by Gasteiger charge is 2.77. The van der Waals surface area contributed by atoms with Gasteiger partial charge in [-0.2, -0.15) is 0 Å². The molecule has 9 nitrogen and oxygen atoms in total. The number of halogens is 1. The number of fused-ring (bicyclic) bond motifs is 1. The molecule has 3 heterocycles. The van der Waals surface area contributed by atoms with Gasteiger partial charge in [0.2, 0.25) is 5.91 Å². The number of carbonyl (C=O) groups is 3. The molecule has 39 heavy (non-hydrogen) atoms. The normalized spacial score (nSPS) is 28.7. The van der Waals surface area contributed by atoms with E-state index in [1.54, 1.807) is 47.3 Å². The highest BCUT2D eigenvalue weighted by atomic mass is 79.9. The number of hydrogen-bond donors (Lipinski definition) is 1. The number of likely N-dealkylation sites (tertiary alicyclic amines) is 1. The third-order valence-corrected chi connectivity index (χ3v) is 8.75. The van der Waals surface area contributed by atoms with Gasteiger partial charge in [-0.1, -0.05) is 47.5 Å². The monoisotopic (exact) mass is 604 g/mol. The highest BCUT2D eigenvalue weighted by molar-refractivity contribution is 9.09. The van der Waals surface area contributed by atoms with E-state index in [-0.39, 0.29) is 36.4 Å². The summed E-state index contributed by atoms with van der Waals surface area (Å²) in [5.41, 5.74) is -0.525. The summed E-state index contributed by atoms with van der Waals surface area (Å²) in [6, 6.07) is 6.21. The number of unbranched alkanes of at least 4 members (excludes halogenated alkanes) is 3. The molecule has 2 bridgehead atoms. The summed E-state index contributed by atoms with van der Waals surface area (Å²) >= 11 is 3.67. The van der Waals surface area contributed by atoms with Gasteiger partial charge in [0, 0.05) is 30.2 Å². The number of benzene rings is 1. The van der Waals surface area contributed by atoms with Gasteiger partial charge in [-0.15, -0.1) is 6.58 Å². The molecule has 1 aromatic carbocycles. The lowest BCUT2D eigenvalue weighted by Gasteiger charge is -2.37. The predicted octanol–water partition coefficient (Wildman–Crippen LogP) is 3.24. The van der Waals surface area contributed by atoms with Crippen LogP contribution in [0.1, 0.15) is 32.1 Å². The summed E-state index contributed by atoms with van der Waals surface area (Å²) in [6.45, 7) is 8.17. The Balaban J connectivity index is 1.71. The maximum atomic E-state index is 14.5. The van der Waals surface area contributed by atoms with E-state index in [1.807, 2.05) is 0 Å². The van der Waals surface area contributed by atoms with Gasteiger partial charge < -0.3 is 29.1 Å². The molecule has 3 fully saturated rings. The lowest BCUT2D eigenvalue weighted by atomic mass is 9.70. The van der Waals surface area contributed by atoms with Crippen molar-refractivity contribution in [2.24, 2.45) is 11.8 Å². The first-order chi connectivity index (χ1) is 18.8. The number of aliphatic hydroxyl groups excluding tert-OH is 1. The van der Waals surface area contributed by atoms with Gasteiger partial charge in [0.05, 0.1) is 25.0 Å². The number of amides is 2. The SMILES string of the molecule is C=CCOC(=O)[C@H]1[C@H]2C(=O)N(CCCCCCO)C(C(=O)N(CC=C)c3ccc(OC)cc3)C23CC(Br)[C@@H]1O3. The third kappa shape index (κ3) is 5.38. The van der Waals surface area contributed by atoms with Crippen molar-refractivity contribution in [2.75, 3.05) is 38.3 Å². The Morgan fingerprint density at radius 3 is 2.56 bits per heavy atom. The zero-order valence-electron chi connectivity index (χ0n) is 22.3. The van der Waals surface area contributed by atoms with E-state index >= 15 is 0 Å². The Bertz CT molecular complexity index is 1080. The molecule has 10 heteroatoms. The molecule has 6 atom stereocenters. The van der Waals surface area contributed by atoms with Crippen molar-refractivity contribution < 1.29 is 33.7 Å². The van der Waals surface area contributed by atoms with E-state index in [2.05, 4.69) is 29.1 Å². The van der Waals surface area contributed by atoms with Crippen molar-refractivity contribution in [3.8, 4) is 5.75 Å². The topological polar surface area (TPSA) is 106 Å². The standard InChI is InChI=1S/C29H37BrN2O7/c1-4-14-31(19-10-12-20(37-3)13-11-19)27(35)25-29-18-21(30)24(39-29)22(28(36)38-17-5-2)23(29)26(34)32(25)15-8-6-7-9-16-33/h4-5,10-13,21-25,33H,1-2,6-9,14-18H2,3H3/t21?,22-,23-,24-,25?,29?/m0/s1. The van der Waals surface area contributed by atoms with E-state index in [0.717, 1.165) is 12.8 Å². The van der Waals surface area contributed by atoms with Crippen LogP contribution < -0.4 is 9.64 Å². The van der Waals surface area contributed by atoms with Crippen molar-refractivity contribution in [2.45, 2.75) is 54.7 Å². The average Bonchev–Trinajstić information content (AvgIpc) is 3.53. The molecular formula is C29H37BrN2O7. The fourth-order valence-electron chi connectivity index (χ4n) is 6.26. The first-order valence-corrected chi connectivity index (χ1v) is 14.3. The second-order valence-electron chi connectivity index (χ2n) is 10.2. The molecule has 0 saturated carbocycles. The number of aliphatic hydroxyl groups is 1. The van der Waals surface area contributed by atoms with Crippen molar-refractivity contribution in [1.82, 2.24) is 4.90 Å². The van der Waals surface area contributed by atoms with Crippen LogP contribution in [-0.2, 0) is 23.9 Å². The molecule has 3 aliphatic heterocycles. The molecule has 4 rings (SSSR count). The summed E-state index contributed by atoms with van der Waals surface area (Å²) in [7, 11) is 1.57. The summed E-state index contributed by atoms with van der Waals surface area (Å²) in [5, 5.41) is 9.13. The second kappa shape index (κ2) is 12.7. The fourth-order valence-corrected chi connectivity index (χ4v) is 7.21. The molecular weight excluding hydrogens is 568 g/mol. The number of alkyl halides is 1. The van der Waals surface area contributed by atoms with Crippen LogP contribution in [0.4, 0.5) is 5.69 Å². The molecule has 0 radical (unpaired) electrons. The van der Waals surface area contributed by atoms with E-state index < -0.39 is 35.6 Å². The zero-order valence-corrected chi connectivity index (χ0v) is 23.9. The largest absolute Gasteiger partial charge is 0.497 e. The zero-order chi connectivity index (χ0) is 28.2. The van der Waals surface area contributed by atoms with Crippen molar-refractivity contribution >= 4 is 39.4 Å². The van der Waals surface area contributed by atoms with Crippen LogP contribution in [0.5, 0.6) is 5.75 Å².